The molecule has 0 spiro atoms. The maximum Gasteiger partial charge on any atom is 0.365 e. The van der Waals surface area contributed by atoms with Crippen molar-refractivity contribution in [2.45, 2.75) is 0 Å². The van der Waals surface area contributed by atoms with Crippen molar-refractivity contribution >= 4 is 34.8 Å². The number of aromatic carboxylic acids is 1. The monoisotopic (exact) mass is 239 g/mol. The quantitative estimate of drug-likeness (QED) is 0.598. The van der Waals surface area contributed by atoms with Crippen molar-refractivity contribution < 1.29 is 19.4 Å². The normalized spacial score (nSPS) is 9.31. The van der Waals surface area contributed by atoms with Crippen molar-refractivity contribution in [2.75, 3.05) is 12.4 Å². The van der Waals surface area contributed by atoms with Gasteiger partial charge in [0.2, 0.25) is 0 Å². The zero-order valence-corrected chi connectivity index (χ0v) is 9.21. The Balaban J connectivity index is 2.93. The van der Waals surface area contributed by atoms with Crippen LogP contribution in [-0.4, -0.2) is 29.1 Å². The van der Waals surface area contributed by atoms with Gasteiger partial charge in [-0.25, -0.2) is 9.59 Å². The highest BCUT2D eigenvalue weighted by molar-refractivity contribution is 7.82. The molecule has 16 heavy (non-hydrogen) atoms. The van der Waals surface area contributed by atoms with Gasteiger partial charge in [0.15, 0.2) is 4.99 Å². The number of para-hydroxylation sites is 1. The SMILES string of the molecule is COC(=O)C(=S)Nc1ccccc1C(=O)O. The van der Waals surface area contributed by atoms with Crippen LogP contribution < -0.4 is 5.32 Å². The molecule has 1 aromatic rings. The van der Waals surface area contributed by atoms with Gasteiger partial charge >= 0.3 is 11.9 Å². The summed E-state index contributed by atoms with van der Waals surface area (Å²) in [7, 11) is 1.19. The van der Waals surface area contributed by atoms with E-state index in [0.29, 0.717) is 0 Å². The van der Waals surface area contributed by atoms with Crippen molar-refractivity contribution in [3.63, 3.8) is 0 Å². The van der Waals surface area contributed by atoms with Crippen molar-refractivity contribution in [3.8, 4) is 0 Å². The number of anilines is 1. The van der Waals surface area contributed by atoms with Gasteiger partial charge in [-0.05, 0) is 12.1 Å². The molecule has 0 bridgehead atoms. The number of methoxy groups -OCH3 is 1. The summed E-state index contributed by atoms with van der Waals surface area (Å²) in [5.74, 6) is -1.81. The van der Waals surface area contributed by atoms with Crippen molar-refractivity contribution in [1.82, 2.24) is 0 Å². The summed E-state index contributed by atoms with van der Waals surface area (Å²) in [4.78, 5) is 21.7. The summed E-state index contributed by atoms with van der Waals surface area (Å²) in [6.07, 6.45) is 0. The number of thiocarbonyl (C=S) groups is 1. The molecule has 0 aliphatic rings. The predicted molar refractivity (Wildman–Crippen MR) is 61.6 cm³/mol. The summed E-state index contributed by atoms with van der Waals surface area (Å²) in [5, 5.41) is 11.4. The van der Waals surface area contributed by atoms with Gasteiger partial charge < -0.3 is 15.2 Å². The fraction of sp³-hybridized carbons (Fsp3) is 0.100. The van der Waals surface area contributed by atoms with Gasteiger partial charge in [-0.15, -0.1) is 0 Å². The van der Waals surface area contributed by atoms with Gasteiger partial charge in [-0.3, -0.25) is 0 Å². The van der Waals surface area contributed by atoms with Crippen LogP contribution in [0, 0.1) is 0 Å². The second-order valence-corrected chi connectivity index (χ2v) is 3.20. The smallest absolute Gasteiger partial charge is 0.365 e. The van der Waals surface area contributed by atoms with E-state index >= 15 is 0 Å². The minimum atomic E-state index is -1.10. The van der Waals surface area contributed by atoms with Crippen molar-refractivity contribution in [1.29, 1.82) is 0 Å². The molecule has 5 nitrogen and oxygen atoms in total. The van der Waals surface area contributed by atoms with E-state index in [4.69, 9.17) is 17.3 Å². The van der Waals surface area contributed by atoms with Crippen LogP contribution in [0.15, 0.2) is 24.3 Å². The summed E-state index contributed by atoms with van der Waals surface area (Å²) < 4.78 is 4.39. The van der Waals surface area contributed by atoms with Gasteiger partial charge in [-0.2, -0.15) is 0 Å². The van der Waals surface area contributed by atoms with E-state index in [1.54, 1.807) is 12.1 Å². The van der Waals surface area contributed by atoms with Gasteiger partial charge in [0.05, 0.1) is 18.4 Å². The Bertz CT molecular complexity index is 444. The zero-order valence-electron chi connectivity index (χ0n) is 8.39. The first-order valence-electron chi connectivity index (χ1n) is 4.28. The van der Waals surface area contributed by atoms with Crippen LogP contribution in [0.5, 0.6) is 0 Å². The number of carboxylic acids is 1. The first-order chi connectivity index (χ1) is 7.56. The molecule has 0 aromatic heterocycles. The number of esters is 1. The number of hydrogen-bond acceptors (Lipinski definition) is 4. The van der Waals surface area contributed by atoms with Crippen LogP contribution >= 0.6 is 12.2 Å². The lowest BCUT2D eigenvalue weighted by Crippen LogP contribution is -2.23. The zero-order chi connectivity index (χ0) is 12.1. The molecule has 0 unspecified atom stereocenters. The van der Waals surface area contributed by atoms with Crippen molar-refractivity contribution in [2.24, 2.45) is 0 Å². The largest absolute Gasteiger partial charge is 0.478 e. The van der Waals surface area contributed by atoms with E-state index in [2.05, 4.69) is 10.1 Å². The minimum Gasteiger partial charge on any atom is -0.478 e. The molecule has 0 saturated carbocycles. The Morgan fingerprint density at radius 1 is 1.38 bits per heavy atom. The van der Waals surface area contributed by atoms with Gasteiger partial charge in [0.1, 0.15) is 0 Å². The van der Waals surface area contributed by atoms with Crippen molar-refractivity contribution in [3.05, 3.63) is 29.8 Å². The number of carbonyl (C=O) groups excluding carboxylic acids is 1. The molecule has 2 N–H and O–H groups in total. The molecule has 0 heterocycles. The Kier molecular flexibility index (Phi) is 3.96. The fourth-order valence-electron chi connectivity index (χ4n) is 1.04. The highest BCUT2D eigenvalue weighted by Gasteiger charge is 2.14. The molecule has 0 saturated heterocycles. The molecular weight excluding hydrogens is 230 g/mol. The number of hydrogen-bond donors (Lipinski definition) is 2. The van der Waals surface area contributed by atoms with Crippen LogP contribution in [0.3, 0.4) is 0 Å². The highest BCUT2D eigenvalue weighted by Crippen LogP contribution is 2.14. The van der Waals surface area contributed by atoms with Crippen LogP contribution in [-0.2, 0) is 9.53 Å². The first kappa shape index (κ1) is 12.1. The third kappa shape index (κ3) is 2.77. The van der Waals surface area contributed by atoms with E-state index in [1.807, 2.05) is 0 Å². The third-order valence-electron chi connectivity index (χ3n) is 1.78. The van der Waals surface area contributed by atoms with E-state index in [9.17, 15) is 9.59 Å². The van der Waals surface area contributed by atoms with E-state index < -0.39 is 11.9 Å². The van der Waals surface area contributed by atoms with E-state index in [0.717, 1.165) is 0 Å². The molecular formula is C10H9NO4S. The van der Waals surface area contributed by atoms with Crippen LogP contribution in [0.2, 0.25) is 0 Å². The summed E-state index contributed by atoms with van der Waals surface area (Å²) in [5.41, 5.74) is 0.291. The molecule has 0 aliphatic heterocycles. The molecule has 1 rings (SSSR count). The molecule has 0 radical (unpaired) electrons. The molecule has 0 amide bonds. The lowest BCUT2D eigenvalue weighted by molar-refractivity contribution is -0.132. The molecule has 0 aliphatic carbocycles. The average Bonchev–Trinajstić information content (AvgIpc) is 2.28. The van der Waals surface area contributed by atoms with Crippen LogP contribution in [0.4, 0.5) is 5.69 Å². The second-order valence-electron chi connectivity index (χ2n) is 2.80. The standard InChI is InChI=1S/C10H9NO4S/c1-15-10(14)8(16)11-7-5-3-2-4-6(7)9(12)13/h2-5H,1H3,(H,11,16)(H,12,13). The first-order valence-corrected chi connectivity index (χ1v) is 4.68. The molecule has 0 fully saturated rings. The topological polar surface area (TPSA) is 75.6 Å². The van der Waals surface area contributed by atoms with Crippen LogP contribution in [0.1, 0.15) is 10.4 Å². The Morgan fingerprint density at radius 2 is 2.00 bits per heavy atom. The molecule has 6 heteroatoms. The minimum absolute atomic E-state index is 0.0359. The number of carboxylic acid groups (broad SMARTS) is 1. The van der Waals surface area contributed by atoms with Crippen LogP contribution in [0.25, 0.3) is 0 Å². The number of carbonyl (C=O) groups is 2. The van der Waals surface area contributed by atoms with Gasteiger partial charge in [-0.1, -0.05) is 24.4 Å². The predicted octanol–water partition coefficient (Wildman–Crippen LogP) is 1.30. The number of nitrogens with one attached hydrogen (secondary N) is 1. The number of rotatable bonds is 2. The lowest BCUT2D eigenvalue weighted by atomic mass is 10.2. The highest BCUT2D eigenvalue weighted by atomic mass is 32.1. The fourth-order valence-corrected chi connectivity index (χ4v) is 1.24. The Morgan fingerprint density at radius 3 is 2.56 bits per heavy atom. The number of ether oxygens (including phenoxy) is 1. The molecule has 0 atom stereocenters. The summed E-state index contributed by atoms with van der Waals surface area (Å²) >= 11 is 4.73. The molecule has 84 valence electrons. The second kappa shape index (κ2) is 5.22. The average molecular weight is 239 g/mol. The maximum atomic E-state index is 11.0. The molecule has 1 aromatic carbocycles. The lowest BCUT2D eigenvalue weighted by Gasteiger charge is -2.08. The van der Waals surface area contributed by atoms with E-state index in [-0.39, 0.29) is 16.2 Å². The van der Waals surface area contributed by atoms with Gasteiger partial charge in [0, 0.05) is 0 Å². The Labute approximate surface area is 97.0 Å². The van der Waals surface area contributed by atoms with Gasteiger partial charge in [0.25, 0.3) is 0 Å². The Hall–Kier alpha value is -1.95. The van der Waals surface area contributed by atoms with E-state index in [1.165, 1.54) is 19.2 Å². The third-order valence-corrected chi connectivity index (χ3v) is 2.05. The number of benzene rings is 1. The summed E-state index contributed by atoms with van der Waals surface area (Å²) in [6.45, 7) is 0. The summed E-state index contributed by atoms with van der Waals surface area (Å²) in [6, 6.07) is 6.13. The maximum absolute atomic E-state index is 11.0.